The van der Waals surface area contributed by atoms with Gasteiger partial charge in [-0.2, -0.15) is 0 Å². The average molecular weight is 516 g/mol. The molecular formula is C22H28F3N5O4S. The van der Waals surface area contributed by atoms with Crippen LogP contribution in [0.3, 0.4) is 0 Å². The monoisotopic (exact) mass is 515 g/mol. The Labute approximate surface area is 204 Å². The zero-order valence-electron chi connectivity index (χ0n) is 19.0. The van der Waals surface area contributed by atoms with E-state index in [1.165, 1.54) is 23.7 Å². The number of aromatic nitrogens is 1. The molecule has 0 saturated carbocycles. The summed E-state index contributed by atoms with van der Waals surface area (Å²) in [5.74, 6) is 1.55. The average Bonchev–Trinajstić information content (AvgIpc) is 3.37. The van der Waals surface area contributed by atoms with Crippen LogP contribution < -0.4 is 11.6 Å². The van der Waals surface area contributed by atoms with Gasteiger partial charge in [-0.3, -0.25) is 9.78 Å². The molecule has 6 N–H and O–H groups in total. The van der Waals surface area contributed by atoms with Crippen molar-refractivity contribution in [1.29, 1.82) is 0 Å². The Kier molecular flexibility index (Phi) is 9.08. The van der Waals surface area contributed by atoms with E-state index < -0.39 is 48.4 Å². The SMILES string of the molecule is CN(CCCC1CC(N(N)/C=C(\N)c2cc(F)c(F)c(F)c2)C(O)C(CO)O1)C(=O)c1cncs1. The maximum absolute atomic E-state index is 13.6. The molecule has 1 amide bonds. The largest absolute Gasteiger partial charge is 0.397 e. The fourth-order valence-corrected chi connectivity index (χ4v) is 4.51. The van der Waals surface area contributed by atoms with Gasteiger partial charge in [0.15, 0.2) is 17.5 Å². The molecule has 1 aliphatic heterocycles. The summed E-state index contributed by atoms with van der Waals surface area (Å²) in [4.78, 5) is 18.4. The van der Waals surface area contributed by atoms with Gasteiger partial charge in [0, 0.05) is 25.4 Å². The molecule has 9 nitrogen and oxygen atoms in total. The van der Waals surface area contributed by atoms with Gasteiger partial charge in [0.1, 0.15) is 17.1 Å². The normalized spacial score (nSPS) is 22.8. The highest BCUT2D eigenvalue weighted by Crippen LogP contribution is 2.27. The van der Waals surface area contributed by atoms with E-state index in [4.69, 9.17) is 16.3 Å². The molecule has 3 rings (SSSR count). The number of benzene rings is 1. The van der Waals surface area contributed by atoms with E-state index in [0.717, 1.165) is 17.1 Å². The highest BCUT2D eigenvalue weighted by Gasteiger charge is 2.39. The van der Waals surface area contributed by atoms with Crippen molar-refractivity contribution in [3.05, 3.63) is 57.9 Å². The number of halogens is 3. The third-order valence-electron chi connectivity index (χ3n) is 5.82. The highest BCUT2D eigenvalue weighted by molar-refractivity contribution is 7.11. The van der Waals surface area contributed by atoms with Crippen LogP contribution in [0.5, 0.6) is 0 Å². The summed E-state index contributed by atoms with van der Waals surface area (Å²) in [5.41, 5.74) is 7.21. The molecule has 1 aromatic carbocycles. The summed E-state index contributed by atoms with van der Waals surface area (Å²) in [6, 6.07) is 0.736. The molecule has 1 aliphatic rings. The summed E-state index contributed by atoms with van der Waals surface area (Å²) >= 11 is 1.26. The fraction of sp³-hybridized carbons (Fsp3) is 0.455. The van der Waals surface area contributed by atoms with Crippen LogP contribution in [0, 0.1) is 17.5 Å². The zero-order chi connectivity index (χ0) is 25.7. The minimum Gasteiger partial charge on any atom is -0.397 e. The van der Waals surface area contributed by atoms with Gasteiger partial charge >= 0.3 is 0 Å². The number of hydrogen-bond acceptors (Lipinski definition) is 9. The summed E-state index contributed by atoms with van der Waals surface area (Å²) in [6.45, 7) is -0.00611. The van der Waals surface area contributed by atoms with Crippen LogP contribution >= 0.6 is 11.3 Å². The first-order chi connectivity index (χ1) is 16.6. The number of carbonyl (C=O) groups is 1. The lowest BCUT2D eigenvalue weighted by Gasteiger charge is -2.42. The topological polar surface area (TPSA) is 138 Å². The molecule has 2 aromatic rings. The van der Waals surface area contributed by atoms with Crippen molar-refractivity contribution in [3.63, 3.8) is 0 Å². The van der Waals surface area contributed by atoms with E-state index in [0.29, 0.717) is 24.3 Å². The summed E-state index contributed by atoms with van der Waals surface area (Å²) < 4.78 is 46.1. The van der Waals surface area contributed by atoms with Crippen molar-refractivity contribution in [2.24, 2.45) is 11.6 Å². The molecule has 0 radical (unpaired) electrons. The van der Waals surface area contributed by atoms with Gasteiger partial charge in [-0.1, -0.05) is 0 Å². The van der Waals surface area contributed by atoms with Gasteiger partial charge in [-0.25, -0.2) is 19.0 Å². The van der Waals surface area contributed by atoms with Gasteiger partial charge in [0.25, 0.3) is 5.91 Å². The number of amides is 1. The number of nitrogens with zero attached hydrogens (tertiary/aromatic N) is 3. The third kappa shape index (κ3) is 6.49. The molecule has 1 aromatic heterocycles. The van der Waals surface area contributed by atoms with Crippen molar-refractivity contribution < 1.29 is 32.9 Å². The molecule has 0 spiro atoms. The Bertz CT molecular complexity index is 1020. The standard InChI is InChI=1S/C22H28F3N5O4S/c1-29(22(33)19-8-28-11-35-19)4-2-3-13-7-17(21(32)18(10-31)34-13)30(27)9-16(26)12-5-14(23)20(25)15(24)6-12/h5-6,8-9,11,13,17-18,21,31-32H,2-4,7,10,26-27H2,1H3/b16-9-. The molecule has 0 aliphatic carbocycles. The van der Waals surface area contributed by atoms with E-state index in [2.05, 4.69) is 4.98 Å². The lowest BCUT2D eigenvalue weighted by molar-refractivity contribution is -0.163. The minimum absolute atomic E-state index is 0.123. The van der Waals surface area contributed by atoms with Crippen molar-refractivity contribution in [2.45, 2.75) is 43.6 Å². The molecule has 4 unspecified atom stereocenters. The number of carbonyl (C=O) groups excluding carboxylic acids is 1. The Morgan fingerprint density at radius 2 is 2.03 bits per heavy atom. The van der Waals surface area contributed by atoms with Crippen LogP contribution in [0.2, 0.25) is 0 Å². The van der Waals surface area contributed by atoms with Crippen molar-refractivity contribution in [3.8, 4) is 0 Å². The number of rotatable bonds is 9. The number of ether oxygens (including phenoxy) is 1. The van der Waals surface area contributed by atoms with Gasteiger partial charge < -0.3 is 30.6 Å². The van der Waals surface area contributed by atoms with Crippen LogP contribution in [0.25, 0.3) is 5.70 Å². The second-order valence-corrected chi connectivity index (χ2v) is 9.18. The minimum atomic E-state index is -1.61. The Morgan fingerprint density at radius 1 is 1.34 bits per heavy atom. The first-order valence-corrected chi connectivity index (χ1v) is 11.7. The van der Waals surface area contributed by atoms with E-state index in [1.807, 2.05) is 0 Å². The summed E-state index contributed by atoms with van der Waals surface area (Å²) in [6.07, 6.45) is 1.56. The molecule has 192 valence electrons. The zero-order valence-corrected chi connectivity index (χ0v) is 19.8. The fourth-order valence-electron chi connectivity index (χ4n) is 3.90. The van der Waals surface area contributed by atoms with Crippen LogP contribution in [-0.2, 0) is 4.74 Å². The number of thiazole rings is 1. The molecule has 1 saturated heterocycles. The Hall–Kier alpha value is -2.71. The van der Waals surface area contributed by atoms with Crippen LogP contribution in [-0.4, -0.2) is 75.6 Å². The number of hydrogen-bond donors (Lipinski definition) is 4. The van der Waals surface area contributed by atoms with Gasteiger partial charge in [0.05, 0.1) is 36.2 Å². The first kappa shape index (κ1) is 26.9. The van der Waals surface area contributed by atoms with E-state index in [9.17, 15) is 28.2 Å². The molecule has 0 bridgehead atoms. The van der Waals surface area contributed by atoms with Gasteiger partial charge in [-0.15, -0.1) is 11.3 Å². The van der Waals surface area contributed by atoms with Crippen molar-refractivity contribution >= 4 is 22.9 Å². The summed E-state index contributed by atoms with van der Waals surface area (Å²) in [7, 11) is 1.68. The lowest BCUT2D eigenvalue weighted by Crippen LogP contribution is -2.57. The first-order valence-electron chi connectivity index (χ1n) is 10.9. The molecule has 35 heavy (non-hydrogen) atoms. The van der Waals surface area contributed by atoms with Crippen LogP contribution in [0.1, 0.15) is 34.5 Å². The maximum atomic E-state index is 13.6. The van der Waals surface area contributed by atoms with E-state index in [-0.39, 0.29) is 23.6 Å². The van der Waals surface area contributed by atoms with Crippen molar-refractivity contribution in [2.75, 3.05) is 20.2 Å². The third-order valence-corrected chi connectivity index (χ3v) is 6.59. The molecule has 13 heteroatoms. The predicted molar refractivity (Wildman–Crippen MR) is 123 cm³/mol. The number of nitrogens with two attached hydrogens (primary N) is 2. The quantitative estimate of drug-likeness (QED) is 0.224. The van der Waals surface area contributed by atoms with Crippen LogP contribution in [0.15, 0.2) is 30.0 Å². The number of hydrazine groups is 1. The van der Waals surface area contributed by atoms with Gasteiger partial charge in [0.2, 0.25) is 0 Å². The van der Waals surface area contributed by atoms with Crippen molar-refractivity contribution in [1.82, 2.24) is 14.9 Å². The molecule has 2 heterocycles. The number of aliphatic hydroxyl groups is 2. The van der Waals surface area contributed by atoms with Gasteiger partial charge in [-0.05, 0) is 31.4 Å². The van der Waals surface area contributed by atoms with E-state index >= 15 is 0 Å². The maximum Gasteiger partial charge on any atom is 0.265 e. The lowest BCUT2D eigenvalue weighted by atomic mass is 9.93. The Balaban J connectivity index is 1.64. The highest BCUT2D eigenvalue weighted by atomic mass is 32.1. The Morgan fingerprint density at radius 3 is 2.63 bits per heavy atom. The van der Waals surface area contributed by atoms with Crippen LogP contribution in [0.4, 0.5) is 13.2 Å². The molecule has 1 fully saturated rings. The second kappa shape index (κ2) is 11.8. The second-order valence-electron chi connectivity index (χ2n) is 8.29. The smallest absolute Gasteiger partial charge is 0.265 e. The van der Waals surface area contributed by atoms with E-state index in [1.54, 1.807) is 17.5 Å². The summed E-state index contributed by atoms with van der Waals surface area (Å²) in [5, 5.41) is 21.4. The predicted octanol–water partition coefficient (Wildman–Crippen LogP) is 1.42. The molecular weight excluding hydrogens is 487 g/mol. The molecule has 4 atom stereocenters. The number of aliphatic hydroxyl groups excluding tert-OH is 2.